The van der Waals surface area contributed by atoms with Crippen molar-refractivity contribution < 1.29 is 34.1 Å². The number of amides is 2. The summed E-state index contributed by atoms with van der Waals surface area (Å²) in [5.41, 5.74) is 2.05. The largest absolute Gasteiger partial charge is 0.506 e. The van der Waals surface area contributed by atoms with Crippen molar-refractivity contribution >= 4 is 22.9 Å². The number of phenolic OH excluding ortho intramolecular Hbond substituents is 1. The van der Waals surface area contributed by atoms with E-state index in [0.717, 1.165) is 12.0 Å². The van der Waals surface area contributed by atoms with Crippen molar-refractivity contribution in [1.82, 2.24) is 20.9 Å². The highest BCUT2D eigenvalue weighted by atomic mass is 16.5. The average Bonchev–Trinajstić information content (AvgIpc) is 3.56. The number of aromatic amines is 1. The average molecular weight is 641 g/mol. The van der Waals surface area contributed by atoms with Gasteiger partial charge in [-0.05, 0) is 72.5 Å². The molecule has 0 unspecified atom stereocenters. The van der Waals surface area contributed by atoms with Gasteiger partial charge in [0.1, 0.15) is 23.9 Å². The fraction of sp³-hybridized carbons (Fsp3) is 0.229. The molecule has 7 N–H and O–H groups in total. The van der Waals surface area contributed by atoms with Crippen LogP contribution in [0.4, 0.5) is 4.79 Å². The highest BCUT2D eigenvalue weighted by Crippen LogP contribution is 2.29. The topological polar surface area (TPSA) is 186 Å². The SMILES string of the molecule is O=C(O)N[C@@H](c1ccccc1)c1cccc(OCc2ccc(C(=O)NCCCCNC[C@H](O)c3ccc(O)c4[nH]c(=O)ccc34)o2)c1. The number of aromatic hydroxyl groups is 1. The van der Waals surface area contributed by atoms with Crippen LogP contribution in [0.25, 0.3) is 10.9 Å². The molecule has 0 saturated carbocycles. The van der Waals surface area contributed by atoms with E-state index in [1.807, 2.05) is 36.4 Å². The summed E-state index contributed by atoms with van der Waals surface area (Å²) in [6, 6.07) is 25.1. The van der Waals surface area contributed by atoms with Crippen LogP contribution in [0.15, 0.2) is 100 Å². The molecule has 12 heteroatoms. The molecule has 2 atom stereocenters. The van der Waals surface area contributed by atoms with Gasteiger partial charge in [-0.1, -0.05) is 48.5 Å². The number of hydrogen-bond donors (Lipinski definition) is 7. The van der Waals surface area contributed by atoms with E-state index in [1.54, 1.807) is 42.5 Å². The second-order valence-corrected chi connectivity index (χ2v) is 10.9. The van der Waals surface area contributed by atoms with Crippen molar-refractivity contribution in [2.75, 3.05) is 19.6 Å². The first-order valence-electron chi connectivity index (χ1n) is 15.2. The molecule has 12 nitrogen and oxygen atoms in total. The second kappa shape index (κ2) is 15.6. The molecule has 5 aromatic rings. The molecule has 2 amide bonds. The van der Waals surface area contributed by atoms with Gasteiger partial charge in [0.15, 0.2) is 5.76 Å². The monoisotopic (exact) mass is 640 g/mol. The van der Waals surface area contributed by atoms with E-state index in [1.165, 1.54) is 12.1 Å². The summed E-state index contributed by atoms with van der Waals surface area (Å²) in [4.78, 5) is 38.2. The number of benzene rings is 3. The van der Waals surface area contributed by atoms with Gasteiger partial charge in [-0.25, -0.2) is 4.79 Å². The molecule has 0 spiro atoms. The Morgan fingerprint density at radius 2 is 1.68 bits per heavy atom. The zero-order valence-electron chi connectivity index (χ0n) is 25.4. The number of carbonyl (C=O) groups excluding carboxylic acids is 1. The number of aromatic nitrogens is 1. The molecule has 3 aromatic carbocycles. The Bertz CT molecular complexity index is 1870. The van der Waals surface area contributed by atoms with Crippen molar-refractivity contribution in [1.29, 1.82) is 0 Å². The quantitative estimate of drug-likeness (QED) is 0.0804. The van der Waals surface area contributed by atoms with Crippen LogP contribution >= 0.6 is 0 Å². The minimum absolute atomic E-state index is 0.0600. The lowest BCUT2D eigenvalue weighted by Gasteiger charge is -2.18. The third-order valence-electron chi connectivity index (χ3n) is 7.53. The Hall–Kier alpha value is -5.59. The summed E-state index contributed by atoms with van der Waals surface area (Å²) in [6.45, 7) is 1.40. The van der Waals surface area contributed by atoms with Gasteiger partial charge in [-0.15, -0.1) is 0 Å². The minimum Gasteiger partial charge on any atom is -0.506 e. The Morgan fingerprint density at radius 3 is 2.49 bits per heavy atom. The molecular weight excluding hydrogens is 604 g/mol. The van der Waals surface area contributed by atoms with Gasteiger partial charge in [0.25, 0.3) is 5.91 Å². The molecule has 2 aromatic heterocycles. The van der Waals surface area contributed by atoms with Crippen LogP contribution in [0, 0.1) is 0 Å². The lowest BCUT2D eigenvalue weighted by Crippen LogP contribution is -2.27. The summed E-state index contributed by atoms with van der Waals surface area (Å²) in [5, 5.41) is 39.2. The molecule has 0 aliphatic rings. The number of carbonyl (C=O) groups is 2. The number of nitrogens with one attached hydrogen (secondary N) is 4. The summed E-state index contributed by atoms with van der Waals surface area (Å²) in [6.07, 6.45) is -0.531. The van der Waals surface area contributed by atoms with Crippen molar-refractivity contribution in [3.63, 3.8) is 0 Å². The van der Waals surface area contributed by atoms with Crippen molar-refractivity contribution in [3.05, 3.63) is 130 Å². The predicted molar refractivity (Wildman–Crippen MR) is 175 cm³/mol. The van der Waals surface area contributed by atoms with Gasteiger partial charge in [-0.2, -0.15) is 0 Å². The van der Waals surface area contributed by atoms with E-state index in [0.29, 0.717) is 47.5 Å². The summed E-state index contributed by atoms with van der Waals surface area (Å²) in [7, 11) is 0. The Kier molecular flexibility index (Phi) is 10.9. The highest BCUT2D eigenvalue weighted by molar-refractivity contribution is 5.91. The lowest BCUT2D eigenvalue weighted by atomic mass is 9.99. The number of rotatable bonds is 15. The number of phenols is 1. The van der Waals surface area contributed by atoms with E-state index >= 15 is 0 Å². The maximum atomic E-state index is 12.6. The number of fused-ring (bicyclic) bond motifs is 1. The fourth-order valence-corrected chi connectivity index (χ4v) is 5.21. The maximum absolute atomic E-state index is 12.6. The van der Waals surface area contributed by atoms with Gasteiger partial charge in [0.05, 0.1) is 17.7 Å². The Labute approximate surface area is 270 Å². The number of furan rings is 1. The van der Waals surface area contributed by atoms with Gasteiger partial charge < -0.3 is 45.4 Å². The predicted octanol–water partition coefficient (Wildman–Crippen LogP) is 4.60. The van der Waals surface area contributed by atoms with Crippen LogP contribution in [0.2, 0.25) is 0 Å². The number of aliphatic hydroxyl groups excluding tert-OH is 1. The molecule has 5 rings (SSSR count). The summed E-state index contributed by atoms with van der Waals surface area (Å²) in [5.74, 6) is 0.738. The zero-order chi connectivity index (χ0) is 33.2. The van der Waals surface area contributed by atoms with Gasteiger partial charge in [-0.3, -0.25) is 9.59 Å². The molecule has 0 radical (unpaired) electrons. The first kappa shape index (κ1) is 32.8. The number of pyridine rings is 1. The zero-order valence-corrected chi connectivity index (χ0v) is 25.4. The first-order chi connectivity index (χ1) is 22.8. The number of H-pyrrole nitrogens is 1. The van der Waals surface area contributed by atoms with E-state index in [9.17, 15) is 29.7 Å². The number of hydrogen-bond acceptors (Lipinski definition) is 8. The minimum atomic E-state index is -1.14. The molecule has 0 saturated heterocycles. The molecule has 0 aliphatic heterocycles. The number of carboxylic acid groups (broad SMARTS) is 1. The van der Waals surface area contributed by atoms with Gasteiger partial charge in [0, 0.05) is 24.5 Å². The normalized spacial score (nSPS) is 12.4. The van der Waals surface area contributed by atoms with Crippen LogP contribution in [0.1, 0.15) is 58.0 Å². The van der Waals surface area contributed by atoms with E-state index in [4.69, 9.17) is 9.15 Å². The van der Waals surface area contributed by atoms with E-state index < -0.39 is 18.2 Å². The van der Waals surface area contributed by atoms with E-state index in [2.05, 4.69) is 20.9 Å². The van der Waals surface area contributed by atoms with Crippen molar-refractivity contribution in [3.8, 4) is 11.5 Å². The number of aliphatic hydroxyl groups is 1. The highest BCUT2D eigenvalue weighted by Gasteiger charge is 2.18. The van der Waals surface area contributed by atoms with Gasteiger partial charge >= 0.3 is 6.09 Å². The molecular formula is C35H36N4O8. The first-order valence-corrected chi connectivity index (χ1v) is 15.2. The number of ether oxygens (including phenoxy) is 1. The van der Waals surface area contributed by atoms with Gasteiger partial charge in [0.2, 0.25) is 5.56 Å². The van der Waals surface area contributed by atoms with Crippen LogP contribution in [-0.4, -0.2) is 51.9 Å². The van der Waals surface area contributed by atoms with Crippen LogP contribution in [0.3, 0.4) is 0 Å². The Morgan fingerprint density at radius 1 is 0.894 bits per heavy atom. The number of unbranched alkanes of at least 4 members (excludes halogenated alkanes) is 1. The van der Waals surface area contributed by atoms with Crippen LogP contribution < -0.4 is 26.2 Å². The molecule has 0 aliphatic carbocycles. The maximum Gasteiger partial charge on any atom is 0.405 e. The van der Waals surface area contributed by atoms with Crippen molar-refractivity contribution in [2.45, 2.75) is 31.6 Å². The molecule has 2 heterocycles. The van der Waals surface area contributed by atoms with Crippen LogP contribution in [-0.2, 0) is 6.61 Å². The Balaban J connectivity index is 1.03. The molecule has 47 heavy (non-hydrogen) atoms. The molecule has 244 valence electrons. The fourth-order valence-electron chi connectivity index (χ4n) is 5.21. The third kappa shape index (κ3) is 8.78. The second-order valence-electron chi connectivity index (χ2n) is 10.9. The van der Waals surface area contributed by atoms with Crippen LogP contribution in [0.5, 0.6) is 11.5 Å². The molecule has 0 fully saturated rings. The third-order valence-corrected chi connectivity index (χ3v) is 7.53. The van der Waals surface area contributed by atoms with E-state index in [-0.39, 0.29) is 41.6 Å². The molecule has 0 bridgehead atoms. The summed E-state index contributed by atoms with van der Waals surface area (Å²) >= 11 is 0. The lowest BCUT2D eigenvalue weighted by molar-refractivity contribution is 0.0921. The van der Waals surface area contributed by atoms with Crippen molar-refractivity contribution in [2.24, 2.45) is 0 Å². The summed E-state index contributed by atoms with van der Waals surface area (Å²) < 4.78 is 11.6. The standard InChI is InChI=1S/C35H36N4O8/c40-28-14-12-26(27-13-16-31(42)38-33(27)28)29(41)20-36-17-4-5-18-37-34(43)30-15-11-25(47-30)21-46-24-10-6-9-23(19-24)32(39-35(44)45)22-7-2-1-3-8-22/h1-3,6-16,19,29,32,36,39-41H,4-5,17-18,20-21H2,(H,37,43)(H,38,42)(H,44,45)/t29-,32-/m0/s1. The smallest absolute Gasteiger partial charge is 0.405 e.